The van der Waals surface area contributed by atoms with Crippen molar-refractivity contribution in [2.75, 3.05) is 6.61 Å². The van der Waals surface area contributed by atoms with Gasteiger partial charge in [-0.05, 0) is 83.1 Å². The number of hydrogen-bond acceptors (Lipinski definition) is 4. The number of sulfonamides is 1. The normalized spacial score (nSPS) is 19.8. The van der Waals surface area contributed by atoms with Crippen LogP contribution >= 0.6 is 0 Å². The van der Waals surface area contributed by atoms with Crippen LogP contribution in [0, 0.1) is 6.92 Å². The lowest BCUT2D eigenvalue weighted by atomic mass is 9.80. The number of ether oxygens (including phenoxy) is 1. The van der Waals surface area contributed by atoms with Crippen LogP contribution in [0.3, 0.4) is 0 Å². The third-order valence-corrected chi connectivity index (χ3v) is 6.76. The molecule has 0 spiro atoms. The van der Waals surface area contributed by atoms with Gasteiger partial charge in [0.1, 0.15) is 10.6 Å². The number of nitrogens with one attached hydrogen (secondary N) is 2. The topological polar surface area (TPSA) is 67.4 Å². The van der Waals surface area contributed by atoms with Gasteiger partial charge in [0.15, 0.2) is 0 Å². The lowest BCUT2D eigenvalue weighted by Crippen LogP contribution is -2.62. The van der Waals surface area contributed by atoms with E-state index in [4.69, 9.17) is 4.74 Å². The van der Waals surface area contributed by atoms with Crippen molar-refractivity contribution in [3.05, 3.63) is 23.3 Å². The molecule has 0 atom stereocenters. The highest BCUT2D eigenvalue weighted by atomic mass is 32.2. The fourth-order valence-corrected chi connectivity index (χ4v) is 5.92. The van der Waals surface area contributed by atoms with Crippen molar-refractivity contribution in [1.82, 2.24) is 10.0 Å². The highest BCUT2D eigenvalue weighted by Gasteiger charge is 2.39. The van der Waals surface area contributed by atoms with Crippen molar-refractivity contribution in [2.45, 2.75) is 103 Å². The second kappa shape index (κ2) is 8.33. The van der Waals surface area contributed by atoms with Gasteiger partial charge in [-0.1, -0.05) is 20.8 Å². The lowest BCUT2D eigenvalue weighted by molar-refractivity contribution is 0.157. The quantitative estimate of drug-likeness (QED) is 0.695. The first kappa shape index (κ1) is 23.2. The zero-order valence-electron chi connectivity index (χ0n) is 18.8. The standard InChI is InChI=1S/C22H38N2O3S/c1-9-10-27-19-11-16(4)18(15(2)3)12-20(19)28(25,26)23-17-13-21(5,6)24-22(7,8)14-17/h11-12,15,17,23-24H,9-10,13-14H2,1-8H3. The molecular formula is C22H38N2O3S. The van der Waals surface area contributed by atoms with Crippen molar-refractivity contribution in [2.24, 2.45) is 0 Å². The number of hydrogen-bond donors (Lipinski definition) is 2. The third-order valence-electron chi connectivity index (χ3n) is 5.22. The van der Waals surface area contributed by atoms with Crippen molar-refractivity contribution in [3.63, 3.8) is 0 Å². The van der Waals surface area contributed by atoms with Crippen molar-refractivity contribution in [3.8, 4) is 5.75 Å². The summed E-state index contributed by atoms with van der Waals surface area (Å²) in [6.07, 6.45) is 2.31. The Bertz CT molecular complexity index is 782. The summed E-state index contributed by atoms with van der Waals surface area (Å²) in [6.45, 7) is 17.2. The van der Waals surface area contributed by atoms with Crippen LogP contribution in [0.2, 0.25) is 0 Å². The van der Waals surface area contributed by atoms with Crippen LogP contribution < -0.4 is 14.8 Å². The van der Waals surface area contributed by atoms with Gasteiger partial charge in [-0.3, -0.25) is 0 Å². The first-order valence-electron chi connectivity index (χ1n) is 10.4. The summed E-state index contributed by atoms with van der Waals surface area (Å²) in [5, 5.41) is 3.60. The minimum atomic E-state index is -3.70. The summed E-state index contributed by atoms with van der Waals surface area (Å²) in [6, 6.07) is 3.54. The molecule has 0 unspecified atom stereocenters. The third kappa shape index (κ3) is 5.71. The predicted octanol–water partition coefficient (Wildman–Crippen LogP) is 4.49. The Balaban J connectivity index is 2.41. The van der Waals surface area contributed by atoms with Gasteiger partial charge in [0.25, 0.3) is 0 Å². The van der Waals surface area contributed by atoms with Crippen molar-refractivity contribution in [1.29, 1.82) is 0 Å². The molecule has 1 saturated heterocycles. The molecule has 6 heteroatoms. The first-order chi connectivity index (χ1) is 12.8. The molecular weight excluding hydrogens is 372 g/mol. The van der Waals surface area contributed by atoms with Crippen LogP contribution in [-0.4, -0.2) is 32.1 Å². The predicted molar refractivity (Wildman–Crippen MR) is 116 cm³/mol. The van der Waals surface area contributed by atoms with E-state index in [2.05, 4.69) is 51.6 Å². The monoisotopic (exact) mass is 410 g/mol. The van der Waals surface area contributed by atoms with Crippen molar-refractivity contribution >= 4 is 10.0 Å². The molecule has 1 heterocycles. The van der Waals surface area contributed by atoms with E-state index in [1.54, 1.807) is 6.07 Å². The Hall–Kier alpha value is -1.11. The van der Waals surface area contributed by atoms with E-state index in [1.807, 2.05) is 19.9 Å². The molecule has 160 valence electrons. The van der Waals surface area contributed by atoms with Gasteiger partial charge < -0.3 is 10.1 Å². The van der Waals surface area contributed by atoms with Gasteiger partial charge in [-0.25, -0.2) is 13.1 Å². The average molecular weight is 411 g/mol. The highest BCUT2D eigenvalue weighted by Crippen LogP contribution is 2.34. The maximum Gasteiger partial charge on any atom is 0.244 e. The molecule has 0 radical (unpaired) electrons. The lowest BCUT2D eigenvalue weighted by Gasteiger charge is -2.46. The van der Waals surface area contributed by atoms with Gasteiger partial charge in [0.05, 0.1) is 6.61 Å². The molecule has 2 rings (SSSR count). The summed E-state index contributed by atoms with van der Waals surface area (Å²) in [7, 11) is -3.70. The molecule has 1 aromatic carbocycles. The van der Waals surface area contributed by atoms with E-state index < -0.39 is 10.0 Å². The van der Waals surface area contributed by atoms with E-state index in [1.165, 1.54) is 0 Å². The molecule has 0 aliphatic carbocycles. The molecule has 0 aromatic heterocycles. The van der Waals surface area contributed by atoms with Crippen LogP contribution in [0.4, 0.5) is 0 Å². The second-order valence-corrected chi connectivity index (χ2v) is 11.5. The van der Waals surface area contributed by atoms with Gasteiger partial charge in [0.2, 0.25) is 10.0 Å². The summed E-state index contributed by atoms with van der Waals surface area (Å²) in [5.41, 5.74) is 1.83. The smallest absolute Gasteiger partial charge is 0.244 e. The van der Waals surface area contributed by atoms with Gasteiger partial charge in [-0.15, -0.1) is 0 Å². The molecule has 0 saturated carbocycles. The molecule has 2 N–H and O–H groups in total. The van der Waals surface area contributed by atoms with E-state index in [0.717, 1.165) is 30.4 Å². The molecule has 1 aliphatic heterocycles. The summed E-state index contributed by atoms with van der Waals surface area (Å²) in [5.74, 6) is 0.689. The average Bonchev–Trinajstić information content (AvgIpc) is 2.48. The fraction of sp³-hybridized carbons (Fsp3) is 0.727. The Morgan fingerprint density at radius 2 is 1.75 bits per heavy atom. The van der Waals surface area contributed by atoms with Gasteiger partial charge in [-0.2, -0.15) is 0 Å². The highest BCUT2D eigenvalue weighted by molar-refractivity contribution is 7.89. The molecule has 1 aromatic rings. The Kier molecular flexibility index (Phi) is 6.89. The zero-order chi connectivity index (χ0) is 21.3. The Morgan fingerprint density at radius 1 is 1.18 bits per heavy atom. The van der Waals surface area contributed by atoms with Crippen LogP contribution in [-0.2, 0) is 10.0 Å². The minimum Gasteiger partial charge on any atom is -0.492 e. The molecule has 28 heavy (non-hydrogen) atoms. The maximum absolute atomic E-state index is 13.4. The van der Waals surface area contributed by atoms with E-state index >= 15 is 0 Å². The van der Waals surface area contributed by atoms with Gasteiger partial charge >= 0.3 is 0 Å². The summed E-state index contributed by atoms with van der Waals surface area (Å²) < 4.78 is 35.6. The van der Waals surface area contributed by atoms with Crippen molar-refractivity contribution < 1.29 is 13.2 Å². The maximum atomic E-state index is 13.4. The van der Waals surface area contributed by atoms with Crippen LogP contribution in [0.1, 0.15) is 84.8 Å². The number of piperidine rings is 1. The van der Waals surface area contributed by atoms with Gasteiger partial charge in [0, 0.05) is 17.1 Å². The molecule has 5 nitrogen and oxygen atoms in total. The first-order valence-corrected chi connectivity index (χ1v) is 11.8. The van der Waals surface area contributed by atoms with E-state index in [0.29, 0.717) is 12.4 Å². The summed E-state index contributed by atoms with van der Waals surface area (Å²) >= 11 is 0. The van der Waals surface area contributed by atoms with Crippen LogP contribution in [0.25, 0.3) is 0 Å². The fourth-order valence-electron chi connectivity index (χ4n) is 4.52. The van der Waals surface area contributed by atoms with Crippen LogP contribution in [0.15, 0.2) is 17.0 Å². The van der Waals surface area contributed by atoms with E-state index in [-0.39, 0.29) is 27.9 Å². The van der Waals surface area contributed by atoms with E-state index in [9.17, 15) is 8.42 Å². The SMILES string of the molecule is CCCOc1cc(C)c(C(C)C)cc1S(=O)(=O)NC1CC(C)(C)NC(C)(C)C1. The minimum absolute atomic E-state index is 0.126. The molecule has 1 fully saturated rings. The van der Waals surface area contributed by atoms with Crippen LogP contribution in [0.5, 0.6) is 5.75 Å². The zero-order valence-corrected chi connectivity index (χ0v) is 19.6. The second-order valence-electron chi connectivity index (χ2n) is 9.78. The largest absolute Gasteiger partial charge is 0.492 e. The Morgan fingerprint density at radius 3 is 2.25 bits per heavy atom. The number of rotatable bonds is 7. The molecule has 0 amide bonds. The number of aryl methyl sites for hydroxylation is 1. The molecule has 0 bridgehead atoms. The summed E-state index contributed by atoms with van der Waals surface area (Å²) in [4.78, 5) is 0.254. The Labute approximate surface area is 171 Å². The number of benzene rings is 1. The molecule has 1 aliphatic rings.